The van der Waals surface area contributed by atoms with Crippen molar-refractivity contribution in [1.82, 2.24) is 4.90 Å². The zero-order chi connectivity index (χ0) is 25.4. The van der Waals surface area contributed by atoms with E-state index in [4.69, 9.17) is 0 Å². The van der Waals surface area contributed by atoms with Gasteiger partial charge in [-0.15, -0.1) is 0 Å². The fourth-order valence-corrected chi connectivity index (χ4v) is 5.32. The molecule has 3 aromatic carbocycles. The third kappa shape index (κ3) is 5.43. The first-order valence-corrected chi connectivity index (χ1v) is 11.8. The molecule has 6 heteroatoms. The second-order valence-electron chi connectivity index (χ2n) is 10.2. The third-order valence-electron chi connectivity index (χ3n) is 6.97. The molecule has 0 aliphatic carbocycles. The maximum atomic E-state index is 14.2. The Kier molecular flexibility index (Phi) is 6.78. The normalized spacial score (nSPS) is 19.6. The van der Waals surface area contributed by atoms with Crippen LogP contribution in [0.2, 0.25) is 0 Å². The average Bonchev–Trinajstić information content (AvgIpc) is 2.78. The Bertz CT molecular complexity index is 1200. The van der Waals surface area contributed by atoms with Gasteiger partial charge in [-0.3, -0.25) is 4.79 Å². The Labute approximate surface area is 204 Å². The van der Waals surface area contributed by atoms with Crippen LogP contribution in [0.25, 0.3) is 11.1 Å². The number of hydrogen-bond donors (Lipinski definition) is 1. The lowest BCUT2D eigenvalue weighted by Crippen LogP contribution is -2.49. The molecular formula is C29H30F3NO2. The minimum absolute atomic E-state index is 0.0361. The van der Waals surface area contributed by atoms with Crippen molar-refractivity contribution in [2.75, 3.05) is 6.54 Å². The fraction of sp³-hybridized carbons (Fsp3) is 0.345. The van der Waals surface area contributed by atoms with Gasteiger partial charge in [-0.1, -0.05) is 36.4 Å². The first-order chi connectivity index (χ1) is 16.5. The summed E-state index contributed by atoms with van der Waals surface area (Å²) in [7, 11) is 0. The Balaban J connectivity index is 1.55. The minimum atomic E-state index is -0.992. The van der Waals surface area contributed by atoms with Crippen LogP contribution in [0.3, 0.4) is 0 Å². The van der Waals surface area contributed by atoms with Crippen molar-refractivity contribution in [2.45, 2.75) is 57.1 Å². The second-order valence-corrected chi connectivity index (χ2v) is 10.2. The average molecular weight is 482 g/mol. The molecule has 3 aromatic rings. The van der Waals surface area contributed by atoms with Gasteiger partial charge < -0.3 is 10.0 Å². The van der Waals surface area contributed by atoms with Crippen LogP contribution in [0.5, 0.6) is 0 Å². The first-order valence-electron chi connectivity index (χ1n) is 11.8. The minimum Gasteiger partial charge on any atom is -0.390 e. The van der Waals surface area contributed by atoms with E-state index in [-0.39, 0.29) is 24.2 Å². The number of hydrogen-bond acceptors (Lipinski definition) is 2. The molecule has 3 nitrogen and oxygen atoms in total. The van der Waals surface area contributed by atoms with Gasteiger partial charge in [0.05, 0.1) is 11.6 Å². The van der Waals surface area contributed by atoms with E-state index in [0.717, 1.165) is 17.2 Å². The highest BCUT2D eigenvalue weighted by Crippen LogP contribution is 2.44. The number of piperidine rings is 1. The molecule has 1 N–H and O–H groups in total. The zero-order valence-corrected chi connectivity index (χ0v) is 20.2. The topological polar surface area (TPSA) is 40.5 Å². The molecule has 2 atom stereocenters. The molecule has 35 heavy (non-hydrogen) atoms. The van der Waals surface area contributed by atoms with Crippen molar-refractivity contribution in [3.63, 3.8) is 0 Å². The van der Waals surface area contributed by atoms with E-state index in [1.165, 1.54) is 24.3 Å². The van der Waals surface area contributed by atoms with Crippen LogP contribution < -0.4 is 0 Å². The molecule has 1 saturated heterocycles. The van der Waals surface area contributed by atoms with Crippen molar-refractivity contribution < 1.29 is 23.1 Å². The highest BCUT2D eigenvalue weighted by Gasteiger charge is 2.44. The molecular weight excluding hydrogens is 451 g/mol. The molecule has 1 amide bonds. The van der Waals surface area contributed by atoms with Crippen LogP contribution >= 0.6 is 0 Å². The van der Waals surface area contributed by atoms with E-state index in [2.05, 4.69) is 0 Å². The monoisotopic (exact) mass is 481 g/mol. The standard InChI is InChI=1S/C29H30F3NO2/c1-19(20-4-6-21(7-5-20)25-13-12-24(31)16-26(25)32)33-15-14-29(17-27(33)34,18-28(2,3)35)22-8-10-23(30)11-9-22/h4-13,16,19,35H,14-15,17-18H2,1-3H3/t19-,29-/m0/s1. The van der Waals surface area contributed by atoms with Gasteiger partial charge in [-0.05, 0) is 74.6 Å². The van der Waals surface area contributed by atoms with Gasteiger partial charge in [0.2, 0.25) is 5.91 Å². The van der Waals surface area contributed by atoms with E-state index in [0.29, 0.717) is 30.5 Å². The number of amides is 1. The quantitative estimate of drug-likeness (QED) is 0.434. The summed E-state index contributed by atoms with van der Waals surface area (Å²) in [5.41, 5.74) is 1.13. The van der Waals surface area contributed by atoms with Gasteiger partial charge in [-0.2, -0.15) is 0 Å². The molecule has 1 fully saturated rings. The molecule has 0 bridgehead atoms. The third-order valence-corrected chi connectivity index (χ3v) is 6.97. The summed E-state index contributed by atoms with van der Waals surface area (Å²) >= 11 is 0. The summed E-state index contributed by atoms with van der Waals surface area (Å²) < 4.78 is 41.0. The number of halogens is 3. The van der Waals surface area contributed by atoms with Crippen molar-refractivity contribution in [3.8, 4) is 11.1 Å². The molecule has 0 radical (unpaired) electrons. The summed E-state index contributed by atoms with van der Waals surface area (Å²) in [6, 6.07) is 16.8. The Hall–Kier alpha value is -3.12. The Morgan fingerprint density at radius 2 is 1.60 bits per heavy atom. The second kappa shape index (κ2) is 9.50. The molecule has 0 aromatic heterocycles. The lowest BCUT2D eigenvalue weighted by Gasteiger charge is -2.46. The number of carbonyl (C=O) groups excluding carboxylic acids is 1. The highest BCUT2D eigenvalue weighted by molar-refractivity contribution is 5.79. The van der Waals surface area contributed by atoms with Gasteiger partial charge >= 0.3 is 0 Å². The lowest BCUT2D eigenvalue weighted by atomic mass is 9.66. The molecule has 1 aliphatic heterocycles. The summed E-state index contributed by atoms with van der Waals surface area (Å²) in [5.74, 6) is -1.62. The number of rotatable bonds is 6. The van der Waals surface area contributed by atoms with Crippen LogP contribution in [-0.4, -0.2) is 28.1 Å². The number of benzene rings is 3. The van der Waals surface area contributed by atoms with Crippen molar-refractivity contribution in [3.05, 3.63) is 95.3 Å². The van der Waals surface area contributed by atoms with Gasteiger partial charge in [-0.25, -0.2) is 13.2 Å². The number of carbonyl (C=O) groups is 1. The van der Waals surface area contributed by atoms with Crippen LogP contribution in [0.1, 0.15) is 57.2 Å². The van der Waals surface area contributed by atoms with E-state index >= 15 is 0 Å². The molecule has 0 saturated carbocycles. The predicted molar refractivity (Wildman–Crippen MR) is 130 cm³/mol. The van der Waals surface area contributed by atoms with Crippen molar-refractivity contribution >= 4 is 5.91 Å². The molecule has 0 unspecified atom stereocenters. The summed E-state index contributed by atoms with van der Waals surface area (Å²) in [6.07, 6.45) is 1.24. The molecule has 184 valence electrons. The molecule has 1 aliphatic rings. The van der Waals surface area contributed by atoms with Gasteiger partial charge in [0, 0.05) is 30.0 Å². The molecule has 4 rings (SSSR count). The van der Waals surface area contributed by atoms with Gasteiger partial charge in [0.1, 0.15) is 17.5 Å². The summed E-state index contributed by atoms with van der Waals surface area (Å²) in [6.45, 7) is 5.89. The largest absolute Gasteiger partial charge is 0.390 e. The lowest BCUT2D eigenvalue weighted by molar-refractivity contribution is -0.139. The maximum Gasteiger partial charge on any atom is 0.223 e. The summed E-state index contributed by atoms with van der Waals surface area (Å²) in [4.78, 5) is 15.2. The van der Waals surface area contributed by atoms with E-state index in [9.17, 15) is 23.1 Å². The fourth-order valence-electron chi connectivity index (χ4n) is 5.32. The SMILES string of the molecule is C[C@@H](c1ccc(-c2ccc(F)cc2F)cc1)N1CC[C@](CC(C)(C)O)(c2ccc(F)cc2)CC1=O. The van der Waals surface area contributed by atoms with Crippen LogP contribution in [-0.2, 0) is 10.2 Å². The Morgan fingerprint density at radius 1 is 0.971 bits per heavy atom. The van der Waals surface area contributed by atoms with Crippen LogP contribution in [0.4, 0.5) is 13.2 Å². The van der Waals surface area contributed by atoms with Crippen molar-refractivity contribution in [2.24, 2.45) is 0 Å². The predicted octanol–water partition coefficient (Wildman–Crippen LogP) is 6.55. The van der Waals surface area contributed by atoms with E-state index in [1.807, 2.05) is 24.0 Å². The number of nitrogens with zero attached hydrogens (tertiary/aromatic N) is 1. The number of aliphatic hydroxyl groups is 1. The highest BCUT2D eigenvalue weighted by atomic mass is 19.1. The Morgan fingerprint density at radius 3 is 2.17 bits per heavy atom. The summed E-state index contributed by atoms with van der Waals surface area (Å²) in [5, 5.41) is 10.6. The zero-order valence-electron chi connectivity index (χ0n) is 20.2. The van der Waals surface area contributed by atoms with Crippen LogP contribution in [0.15, 0.2) is 66.7 Å². The van der Waals surface area contributed by atoms with Crippen molar-refractivity contribution in [1.29, 1.82) is 0 Å². The molecule has 0 spiro atoms. The van der Waals surface area contributed by atoms with Gasteiger partial charge in [0.25, 0.3) is 0 Å². The van der Waals surface area contributed by atoms with E-state index < -0.39 is 22.7 Å². The van der Waals surface area contributed by atoms with E-state index in [1.54, 1.807) is 38.1 Å². The number of likely N-dealkylation sites (tertiary alicyclic amines) is 1. The smallest absolute Gasteiger partial charge is 0.223 e. The van der Waals surface area contributed by atoms with Gasteiger partial charge in [0.15, 0.2) is 0 Å². The maximum absolute atomic E-state index is 14.2. The van der Waals surface area contributed by atoms with Crippen LogP contribution in [0, 0.1) is 17.5 Å². The first kappa shape index (κ1) is 25.0. The molecule has 1 heterocycles.